The molecule has 1 unspecified atom stereocenters. The zero-order valence-electron chi connectivity index (χ0n) is 30.2. The van der Waals surface area contributed by atoms with E-state index in [-0.39, 0.29) is 39.0 Å². The van der Waals surface area contributed by atoms with Crippen LogP contribution in [0.15, 0.2) is 59.2 Å². The molecule has 52 heavy (non-hydrogen) atoms. The smallest absolute Gasteiger partial charge is 0.244 e. The summed E-state index contributed by atoms with van der Waals surface area (Å²) in [6.07, 6.45) is 4.14. The van der Waals surface area contributed by atoms with Crippen LogP contribution in [0.5, 0.6) is 0 Å². The molecule has 2 aliphatic rings. The predicted octanol–water partition coefficient (Wildman–Crippen LogP) is 0.0157. The maximum Gasteiger partial charge on any atom is 0.244 e. The van der Waals surface area contributed by atoms with Gasteiger partial charge in [-0.2, -0.15) is 0 Å². The van der Waals surface area contributed by atoms with Crippen LogP contribution in [0.1, 0.15) is 56.9 Å². The van der Waals surface area contributed by atoms with Gasteiger partial charge in [-0.1, -0.05) is 45.0 Å². The van der Waals surface area contributed by atoms with E-state index in [2.05, 4.69) is 26.6 Å². The van der Waals surface area contributed by atoms with Crippen molar-refractivity contribution in [1.82, 2.24) is 31.5 Å². The van der Waals surface area contributed by atoms with Crippen molar-refractivity contribution in [3.63, 3.8) is 0 Å². The Morgan fingerprint density at radius 1 is 1.02 bits per heavy atom. The van der Waals surface area contributed by atoms with Gasteiger partial charge in [-0.15, -0.1) is 0 Å². The van der Waals surface area contributed by atoms with E-state index in [1.54, 1.807) is 23.1 Å². The highest BCUT2D eigenvalue weighted by Crippen LogP contribution is 2.23. The van der Waals surface area contributed by atoms with Crippen LogP contribution in [-0.2, 0) is 48.1 Å². The lowest BCUT2D eigenvalue weighted by Gasteiger charge is -2.30. The van der Waals surface area contributed by atoms with Crippen LogP contribution in [-0.4, -0.2) is 103 Å². The maximum atomic E-state index is 14.1. The molecule has 5 amide bonds. The fraction of sp³-hybridized carbons (Fsp3) is 0.541. The van der Waals surface area contributed by atoms with Crippen molar-refractivity contribution in [2.24, 2.45) is 11.1 Å². The van der Waals surface area contributed by atoms with Crippen LogP contribution in [0.4, 0.5) is 0 Å². The van der Waals surface area contributed by atoms with Gasteiger partial charge in [-0.3, -0.25) is 28.9 Å². The van der Waals surface area contributed by atoms with Crippen LogP contribution in [0.2, 0.25) is 0 Å². The van der Waals surface area contributed by atoms with E-state index in [1.807, 2.05) is 39.0 Å². The number of aliphatic hydroxyl groups is 1. The van der Waals surface area contributed by atoms with Crippen molar-refractivity contribution in [2.45, 2.75) is 89.8 Å². The Bertz CT molecular complexity index is 1540. The first-order chi connectivity index (χ1) is 24.8. The van der Waals surface area contributed by atoms with Crippen LogP contribution in [0.25, 0.3) is 0 Å². The minimum absolute atomic E-state index is 0.00260. The zero-order chi connectivity index (χ0) is 37.7. The molecule has 0 spiro atoms. The van der Waals surface area contributed by atoms with Crippen LogP contribution >= 0.6 is 0 Å². The first-order valence-electron chi connectivity index (χ1n) is 17.8. The number of nitrogens with zero attached hydrogens (tertiary/aromatic N) is 1. The summed E-state index contributed by atoms with van der Waals surface area (Å²) >= 11 is 0. The molecule has 0 aliphatic carbocycles. The molecular weight excluding hydrogens is 670 g/mol. The van der Waals surface area contributed by atoms with Crippen LogP contribution in [0.3, 0.4) is 0 Å². The average molecular weight is 724 g/mol. The van der Waals surface area contributed by atoms with Crippen molar-refractivity contribution >= 4 is 29.5 Å². The molecule has 284 valence electrons. The molecule has 15 nitrogen and oxygen atoms in total. The summed E-state index contributed by atoms with van der Waals surface area (Å²) in [5.41, 5.74) is 6.54. The maximum absolute atomic E-state index is 14.1. The number of fused-ring (bicyclic) bond motifs is 3. The first-order valence-corrected chi connectivity index (χ1v) is 17.8. The molecule has 15 heteroatoms. The van der Waals surface area contributed by atoms with Gasteiger partial charge in [0.25, 0.3) is 0 Å². The lowest BCUT2D eigenvalue weighted by Crippen LogP contribution is -2.59. The van der Waals surface area contributed by atoms with Gasteiger partial charge in [0.15, 0.2) is 0 Å². The molecule has 8 N–H and O–H groups in total. The molecule has 2 aromatic rings. The van der Waals surface area contributed by atoms with Crippen LogP contribution < -0.4 is 32.3 Å². The lowest BCUT2D eigenvalue weighted by molar-refractivity contribution is -0.135. The summed E-state index contributed by atoms with van der Waals surface area (Å²) < 4.78 is 10.9. The molecule has 1 fully saturated rings. The fourth-order valence-corrected chi connectivity index (χ4v) is 6.26. The third-order valence-electron chi connectivity index (χ3n) is 8.76. The Balaban J connectivity index is 1.68. The van der Waals surface area contributed by atoms with Gasteiger partial charge in [0.1, 0.15) is 30.1 Å². The average Bonchev–Trinajstić information content (AvgIpc) is 3.81. The molecule has 1 aromatic carbocycles. The fourth-order valence-electron chi connectivity index (χ4n) is 6.26. The second kappa shape index (κ2) is 19.3. The Kier molecular flexibility index (Phi) is 14.9. The van der Waals surface area contributed by atoms with Gasteiger partial charge < -0.3 is 46.6 Å². The Hall–Kier alpha value is -4.57. The van der Waals surface area contributed by atoms with E-state index >= 15 is 0 Å². The number of hydrogen-bond donors (Lipinski definition) is 7. The summed E-state index contributed by atoms with van der Waals surface area (Å²) in [4.78, 5) is 69.6. The third-order valence-corrected chi connectivity index (χ3v) is 8.76. The molecule has 4 rings (SSSR count). The number of furan rings is 1. The van der Waals surface area contributed by atoms with E-state index in [4.69, 9.17) is 14.9 Å². The minimum atomic E-state index is -1.23. The number of rotatable bonds is 9. The summed E-state index contributed by atoms with van der Waals surface area (Å²) in [5.74, 6) is -2.14. The van der Waals surface area contributed by atoms with Gasteiger partial charge in [-0.05, 0) is 54.0 Å². The molecule has 2 bridgehead atoms. The number of carbonyl (C=O) groups excluding carboxylic acids is 5. The van der Waals surface area contributed by atoms with E-state index in [9.17, 15) is 29.1 Å². The van der Waals surface area contributed by atoms with Crippen molar-refractivity contribution in [3.8, 4) is 0 Å². The molecule has 3 heterocycles. The van der Waals surface area contributed by atoms with Crippen molar-refractivity contribution < 1.29 is 38.2 Å². The van der Waals surface area contributed by atoms with Gasteiger partial charge in [0.05, 0.1) is 25.5 Å². The quantitative estimate of drug-likeness (QED) is 0.172. The largest absolute Gasteiger partial charge is 0.469 e. The number of ether oxygens (including phenoxy) is 1. The van der Waals surface area contributed by atoms with Gasteiger partial charge in [0, 0.05) is 45.1 Å². The summed E-state index contributed by atoms with van der Waals surface area (Å²) in [7, 11) is 0. The molecule has 0 saturated carbocycles. The monoisotopic (exact) mass is 723 g/mol. The highest BCUT2D eigenvalue weighted by atomic mass is 16.5. The number of hydrogen-bond acceptors (Lipinski definition) is 10. The number of carbonyl (C=O) groups is 5. The summed E-state index contributed by atoms with van der Waals surface area (Å²) in [5, 5.41) is 25.1. The van der Waals surface area contributed by atoms with E-state index < -0.39 is 65.3 Å². The Morgan fingerprint density at radius 2 is 1.77 bits per heavy atom. The first kappa shape index (κ1) is 40.2. The summed E-state index contributed by atoms with van der Waals surface area (Å²) in [6, 6.07) is 6.59. The van der Waals surface area contributed by atoms with Crippen molar-refractivity contribution in [2.75, 3.05) is 32.8 Å². The van der Waals surface area contributed by atoms with Crippen molar-refractivity contribution in [1.29, 1.82) is 0 Å². The molecule has 1 aromatic heterocycles. The second-order valence-electron chi connectivity index (χ2n) is 14.3. The molecule has 0 radical (unpaired) electrons. The van der Waals surface area contributed by atoms with E-state index in [0.29, 0.717) is 38.3 Å². The SMILES string of the molecule is CC(C)(C)C[C@H]1NC(=O)[C@H](Cc2ccco2)NC(=O)[C@H]2CCCN2C(O)/C=C/C(=O)NCc2cccc(c2)C[C@@H](C(=O)NCCOCCN)NC1=O. The third kappa shape index (κ3) is 12.6. The zero-order valence-corrected chi connectivity index (χ0v) is 30.2. The highest BCUT2D eigenvalue weighted by Gasteiger charge is 2.37. The normalized spacial score (nSPS) is 24.8. The molecule has 2 aliphatic heterocycles. The number of aliphatic hydroxyl groups excluding tert-OH is 1. The number of benzene rings is 1. The Morgan fingerprint density at radius 3 is 2.50 bits per heavy atom. The Labute approximate surface area is 304 Å². The number of nitrogens with two attached hydrogens (primary N) is 1. The van der Waals surface area contributed by atoms with Gasteiger partial charge >= 0.3 is 0 Å². The van der Waals surface area contributed by atoms with Crippen LogP contribution in [0, 0.1) is 5.41 Å². The lowest BCUT2D eigenvalue weighted by atomic mass is 9.87. The summed E-state index contributed by atoms with van der Waals surface area (Å²) in [6.45, 7) is 7.45. The minimum Gasteiger partial charge on any atom is -0.469 e. The standard InChI is InChI=1S/C37H53N7O8/c1-37(2,3)22-29-35(49)41-27(33(47)39-14-18-51-17-13-38)20-24-7-4-8-25(19-24)23-40-31(45)11-12-32(46)44-15-5-10-30(44)36(50)42-28(34(48)43-29)21-26-9-6-16-52-26/h4,6-9,11-12,16,19,27-30,32,46H,5,10,13-15,17-18,20-23,38H2,1-3H3,(H,39,47)(H,40,45)(H,41,49)(H,42,50)(H,43,48)/b12-11+/t27-,28-,29+,30+,32?/m0/s1. The molecule has 5 atom stereocenters. The highest BCUT2D eigenvalue weighted by molar-refractivity contribution is 5.95. The predicted molar refractivity (Wildman–Crippen MR) is 192 cm³/mol. The van der Waals surface area contributed by atoms with Gasteiger partial charge in [-0.25, -0.2) is 0 Å². The number of amides is 5. The van der Waals surface area contributed by atoms with Crippen molar-refractivity contribution in [3.05, 3.63) is 71.7 Å². The molecule has 1 saturated heterocycles. The van der Waals surface area contributed by atoms with E-state index in [1.165, 1.54) is 18.4 Å². The second-order valence-corrected chi connectivity index (χ2v) is 14.3. The number of nitrogens with one attached hydrogen (secondary N) is 5. The topological polar surface area (TPSA) is 217 Å². The van der Waals surface area contributed by atoms with E-state index in [0.717, 1.165) is 11.1 Å². The molecular formula is C37H53N7O8. The van der Waals surface area contributed by atoms with Gasteiger partial charge in [0.2, 0.25) is 29.5 Å².